The number of halogens is 3. The third-order valence-corrected chi connectivity index (χ3v) is 5.44. The van der Waals surface area contributed by atoms with Crippen LogP contribution in [0.3, 0.4) is 0 Å². The van der Waals surface area contributed by atoms with Gasteiger partial charge in [0.2, 0.25) is 5.95 Å². The van der Waals surface area contributed by atoms with E-state index in [0.29, 0.717) is 23.8 Å². The highest BCUT2D eigenvalue weighted by Gasteiger charge is 2.47. The van der Waals surface area contributed by atoms with Crippen molar-refractivity contribution < 1.29 is 4.39 Å². The quantitative estimate of drug-likeness (QED) is 0.840. The molecule has 3 atom stereocenters. The second kappa shape index (κ2) is 7.94. The minimum absolute atomic E-state index is 0. The van der Waals surface area contributed by atoms with Gasteiger partial charge in [-0.15, -0.1) is 24.8 Å². The topological polar surface area (TPSA) is 58.3 Å². The average molecular weight is 400 g/mol. The first kappa shape index (κ1) is 20.7. The summed E-state index contributed by atoms with van der Waals surface area (Å²) < 4.78 is 13.3. The molecule has 0 bridgehead atoms. The summed E-state index contributed by atoms with van der Waals surface area (Å²) in [6, 6.07) is 9.00. The molecule has 0 saturated carbocycles. The Labute approximate surface area is 165 Å². The third kappa shape index (κ3) is 3.46. The van der Waals surface area contributed by atoms with Crippen molar-refractivity contribution in [1.82, 2.24) is 14.9 Å². The Hall–Kier alpha value is -1.63. The molecule has 142 valence electrons. The Balaban J connectivity index is 0.00000121. The van der Waals surface area contributed by atoms with Crippen LogP contribution < -0.4 is 10.6 Å². The smallest absolute Gasteiger partial charge is 0.227 e. The number of anilines is 2. The van der Waals surface area contributed by atoms with Gasteiger partial charge in [0.25, 0.3) is 0 Å². The van der Waals surface area contributed by atoms with Gasteiger partial charge < -0.3 is 10.6 Å². The van der Waals surface area contributed by atoms with E-state index in [1.54, 1.807) is 0 Å². The Morgan fingerprint density at radius 1 is 1.15 bits per heavy atom. The summed E-state index contributed by atoms with van der Waals surface area (Å²) in [5.41, 5.74) is 8.33. The number of aryl methyl sites for hydroxylation is 1. The summed E-state index contributed by atoms with van der Waals surface area (Å²) in [7, 11) is 2.20. The van der Waals surface area contributed by atoms with Crippen molar-refractivity contribution in [2.24, 2.45) is 11.8 Å². The first-order valence-corrected chi connectivity index (χ1v) is 8.33. The molecule has 2 fully saturated rings. The van der Waals surface area contributed by atoms with Crippen LogP contribution in [0.25, 0.3) is 0 Å². The second-order valence-corrected chi connectivity index (χ2v) is 6.97. The summed E-state index contributed by atoms with van der Waals surface area (Å²) in [4.78, 5) is 12.8. The molecule has 8 heteroatoms. The van der Waals surface area contributed by atoms with Gasteiger partial charge in [0.1, 0.15) is 0 Å². The molecule has 2 aliphatic rings. The minimum atomic E-state index is -0.560. The molecule has 2 N–H and O–H groups in total. The van der Waals surface area contributed by atoms with Gasteiger partial charge in [0, 0.05) is 31.6 Å². The molecule has 1 aromatic heterocycles. The van der Waals surface area contributed by atoms with E-state index in [4.69, 9.17) is 5.73 Å². The molecule has 0 unspecified atom stereocenters. The maximum atomic E-state index is 13.3. The first-order chi connectivity index (χ1) is 11.5. The van der Waals surface area contributed by atoms with E-state index in [2.05, 4.69) is 58.0 Å². The number of nitrogens with zero attached hydrogens (tertiary/aromatic N) is 4. The van der Waals surface area contributed by atoms with Crippen LogP contribution >= 0.6 is 24.8 Å². The van der Waals surface area contributed by atoms with Crippen molar-refractivity contribution in [1.29, 1.82) is 0 Å². The highest BCUT2D eigenvalue weighted by atomic mass is 35.5. The van der Waals surface area contributed by atoms with Crippen molar-refractivity contribution in [2.45, 2.75) is 13.0 Å². The van der Waals surface area contributed by atoms with Crippen LogP contribution in [-0.4, -0.2) is 41.5 Å². The summed E-state index contributed by atoms with van der Waals surface area (Å²) in [5, 5.41) is 0. The van der Waals surface area contributed by atoms with E-state index in [1.807, 2.05) is 0 Å². The number of nitrogen functional groups attached to an aromatic ring is 1. The second-order valence-electron chi connectivity index (χ2n) is 6.97. The number of hydrogen-bond donors (Lipinski definition) is 1. The standard InChI is InChI=1S/C18H22FN5.2ClH/c1-11-5-3-4-6-13(11)16-14-10-24(9-12(14)8-23(16)2)18-21-7-15(19)17(20)22-18;;/h3-7,12,14,16H,8-10H2,1-2H3,(H2,20,21,22);2*1H/t12-,14+,16+;;/m0../s1. The van der Waals surface area contributed by atoms with Crippen LogP contribution in [-0.2, 0) is 0 Å². The predicted octanol–water partition coefficient (Wildman–Crippen LogP) is 3.09. The molecule has 4 rings (SSSR count). The lowest BCUT2D eigenvalue weighted by Crippen LogP contribution is -2.30. The lowest BCUT2D eigenvalue weighted by atomic mass is 9.88. The minimum Gasteiger partial charge on any atom is -0.381 e. The molecule has 0 amide bonds. The van der Waals surface area contributed by atoms with E-state index in [-0.39, 0.29) is 30.6 Å². The molecule has 3 heterocycles. The number of likely N-dealkylation sites (tertiary alicyclic amines) is 1. The summed E-state index contributed by atoms with van der Waals surface area (Å²) >= 11 is 0. The largest absolute Gasteiger partial charge is 0.381 e. The first-order valence-electron chi connectivity index (χ1n) is 8.33. The predicted molar refractivity (Wildman–Crippen MR) is 107 cm³/mol. The molecule has 0 aliphatic carbocycles. The zero-order valence-electron chi connectivity index (χ0n) is 14.8. The van der Waals surface area contributed by atoms with Crippen LogP contribution in [0.2, 0.25) is 0 Å². The number of rotatable bonds is 2. The van der Waals surface area contributed by atoms with Crippen LogP contribution in [0.4, 0.5) is 16.2 Å². The fourth-order valence-electron chi connectivity index (χ4n) is 4.33. The fourth-order valence-corrected chi connectivity index (χ4v) is 4.33. The van der Waals surface area contributed by atoms with Gasteiger partial charge in [-0.05, 0) is 31.0 Å². The number of hydrogen-bond acceptors (Lipinski definition) is 5. The Bertz CT molecular complexity index is 775. The molecule has 2 aliphatic heterocycles. The maximum Gasteiger partial charge on any atom is 0.227 e. The Kier molecular flexibility index (Phi) is 6.32. The van der Waals surface area contributed by atoms with Crippen LogP contribution in [0.5, 0.6) is 0 Å². The van der Waals surface area contributed by atoms with Crippen LogP contribution in [0, 0.1) is 24.6 Å². The van der Waals surface area contributed by atoms with Crippen molar-refractivity contribution in [3.63, 3.8) is 0 Å². The van der Waals surface area contributed by atoms with Crippen molar-refractivity contribution in [3.8, 4) is 0 Å². The number of nitrogens with two attached hydrogens (primary N) is 1. The summed E-state index contributed by atoms with van der Waals surface area (Å²) in [5.74, 6) is 0.982. The van der Waals surface area contributed by atoms with Gasteiger partial charge in [0.15, 0.2) is 11.6 Å². The van der Waals surface area contributed by atoms with Crippen molar-refractivity contribution in [3.05, 3.63) is 47.4 Å². The van der Waals surface area contributed by atoms with Gasteiger partial charge in [0.05, 0.1) is 6.20 Å². The molecular formula is C18H24Cl2FN5. The molecule has 0 spiro atoms. The van der Waals surface area contributed by atoms with Crippen molar-refractivity contribution in [2.75, 3.05) is 37.3 Å². The molecular weight excluding hydrogens is 376 g/mol. The van der Waals surface area contributed by atoms with Gasteiger partial charge >= 0.3 is 0 Å². The lowest BCUT2D eigenvalue weighted by molar-refractivity contribution is 0.278. The van der Waals surface area contributed by atoms with E-state index < -0.39 is 5.82 Å². The summed E-state index contributed by atoms with van der Waals surface area (Å²) in [6.07, 6.45) is 1.16. The van der Waals surface area contributed by atoms with E-state index in [9.17, 15) is 4.39 Å². The highest BCUT2D eigenvalue weighted by Crippen LogP contribution is 2.45. The number of aromatic nitrogens is 2. The van der Waals surface area contributed by atoms with Crippen LogP contribution in [0.15, 0.2) is 30.5 Å². The number of benzene rings is 1. The van der Waals surface area contributed by atoms with Crippen molar-refractivity contribution >= 4 is 36.6 Å². The van der Waals surface area contributed by atoms with Gasteiger partial charge in [-0.2, -0.15) is 4.98 Å². The maximum absolute atomic E-state index is 13.3. The molecule has 26 heavy (non-hydrogen) atoms. The van der Waals surface area contributed by atoms with Crippen LogP contribution in [0.1, 0.15) is 17.2 Å². The van der Waals surface area contributed by atoms with Gasteiger partial charge in [-0.1, -0.05) is 24.3 Å². The Morgan fingerprint density at radius 3 is 2.58 bits per heavy atom. The monoisotopic (exact) mass is 399 g/mol. The normalized spacial score (nSPS) is 24.7. The number of fused-ring (bicyclic) bond motifs is 1. The third-order valence-electron chi connectivity index (χ3n) is 5.44. The molecule has 0 radical (unpaired) electrons. The van der Waals surface area contributed by atoms with Gasteiger partial charge in [-0.3, -0.25) is 4.90 Å². The zero-order chi connectivity index (χ0) is 16.8. The van der Waals surface area contributed by atoms with E-state index in [1.165, 1.54) is 11.1 Å². The molecule has 1 aromatic carbocycles. The highest BCUT2D eigenvalue weighted by molar-refractivity contribution is 5.85. The molecule has 2 saturated heterocycles. The molecule has 2 aromatic rings. The fraction of sp³-hybridized carbons (Fsp3) is 0.444. The molecule has 5 nitrogen and oxygen atoms in total. The van der Waals surface area contributed by atoms with Gasteiger partial charge in [-0.25, -0.2) is 9.37 Å². The zero-order valence-corrected chi connectivity index (χ0v) is 16.4. The Morgan fingerprint density at radius 2 is 1.88 bits per heavy atom. The average Bonchev–Trinajstić information content (AvgIpc) is 3.08. The lowest BCUT2D eigenvalue weighted by Gasteiger charge is -2.28. The van der Waals surface area contributed by atoms with E-state index in [0.717, 1.165) is 25.8 Å². The summed E-state index contributed by atoms with van der Waals surface area (Å²) in [6.45, 7) is 4.99. The SMILES string of the molecule is Cc1ccccc1[C@@H]1[C@@H]2CN(c3ncc(F)c(N)n3)C[C@@H]2CN1C.Cl.Cl. The van der Waals surface area contributed by atoms with E-state index >= 15 is 0 Å².